The van der Waals surface area contributed by atoms with Crippen LogP contribution in [0.4, 0.5) is 22.0 Å². The van der Waals surface area contributed by atoms with E-state index in [2.05, 4.69) is 20.6 Å². The summed E-state index contributed by atoms with van der Waals surface area (Å²) in [5.41, 5.74) is 1.26. The van der Waals surface area contributed by atoms with Gasteiger partial charge in [-0.15, -0.1) is 0 Å². The van der Waals surface area contributed by atoms with Crippen molar-refractivity contribution in [1.29, 1.82) is 0 Å². The zero-order chi connectivity index (χ0) is 13.8. The van der Waals surface area contributed by atoms with Crippen molar-refractivity contribution in [1.82, 2.24) is 9.97 Å². The number of aromatic nitrogens is 2. The highest BCUT2D eigenvalue weighted by Gasteiger charge is 2.02. The molecule has 98 valence electrons. The standard InChI is InChI=1S/C12H11ClN4O2/c1-7-14-10(13)6-11(15-7)16-8-2-4-9(5-3-8)17-12(18)19/h2-6,17H,1H3,(H,18,19)(H,14,15,16). The molecule has 6 nitrogen and oxygen atoms in total. The van der Waals surface area contributed by atoms with Crippen molar-refractivity contribution in [3.63, 3.8) is 0 Å². The summed E-state index contributed by atoms with van der Waals surface area (Å²) in [6.45, 7) is 1.75. The van der Waals surface area contributed by atoms with E-state index in [1.54, 1.807) is 37.3 Å². The number of nitrogens with one attached hydrogen (secondary N) is 2. The van der Waals surface area contributed by atoms with Gasteiger partial charge in [0.15, 0.2) is 0 Å². The quantitative estimate of drug-likeness (QED) is 0.750. The summed E-state index contributed by atoms with van der Waals surface area (Å²) in [6.07, 6.45) is -1.10. The molecule has 2 rings (SSSR count). The van der Waals surface area contributed by atoms with E-state index in [0.29, 0.717) is 22.5 Å². The second-order valence-electron chi connectivity index (χ2n) is 3.76. The topological polar surface area (TPSA) is 87.1 Å². The molecular formula is C12H11ClN4O2. The molecule has 0 aliphatic rings. The van der Waals surface area contributed by atoms with Crippen LogP contribution in [0.5, 0.6) is 0 Å². The molecule has 0 bridgehead atoms. The Hall–Kier alpha value is -2.34. The third-order valence-electron chi connectivity index (χ3n) is 2.22. The zero-order valence-corrected chi connectivity index (χ0v) is 10.8. The van der Waals surface area contributed by atoms with Gasteiger partial charge in [0.25, 0.3) is 0 Å². The number of amides is 1. The summed E-state index contributed by atoms with van der Waals surface area (Å²) in [7, 11) is 0. The number of rotatable bonds is 3. The number of aryl methyl sites for hydroxylation is 1. The summed E-state index contributed by atoms with van der Waals surface area (Å²) >= 11 is 5.83. The minimum absolute atomic E-state index is 0.360. The van der Waals surface area contributed by atoms with E-state index in [1.165, 1.54) is 0 Å². The van der Waals surface area contributed by atoms with Gasteiger partial charge in [0.1, 0.15) is 16.8 Å². The average Bonchev–Trinajstić information content (AvgIpc) is 2.29. The largest absolute Gasteiger partial charge is 0.465 e. The molecule has 0 aliphatic carbocycles. The summed E-state index contributed by atoms with van der Waals surface area (Å²) in [4.78, 5) is 18.6. The Labute approximate surface area is 114 Å². The van der Waals surface area contributed by atoms with Crippen molar-refractivity contribution in [3.8, 4) is 0 Å². The van der Waals surface area contributed by atoms with Crippen LogP contribution < -0.4 is 10.6 Å². The third-order valence-corrected chi connectivity index (χ3v) is 2.41. The Morgan fingerprint density at radius 3 is 2.42 bits per heavy atom. The lowest BCUT2D eigenvalue weighted by molar-refractivity contribution is 0.210. The molecule has 0 saturated heterocycles. The van der Waals surface area contributed by atoms with Crippen molar-refractivity contribution in [3.05, 3.63) is 41.3 Å². The predicted molar refractivity (Wildman–Crippen MR) is 73.2 cm³/mol. The third kappa shape index (κ3) is 3.82. The lowest BCUT2D eigenvalue weighted by Crippen LogP contribution is -2.06. The molecule has 0 unspecified atom stereocenters. The van der Waals surface area contributed by atoms with E-state index in [9.17, 15) is 4.79 Å². The van der Waals surface area contributed by atoms with Gasteiger partial charge in [-0.1, -0.05) is 11.6 Å². The molecule has 2 aromatic rings. The lowest BCUT2D eigenvalue weighted by atomic mass is 10.3. The van der Waals surface area contributed by atoms with E-state index in [0.717, 1.165) is 5.69 Å². The van der Waals surface area contributed by atoms with Crippen LogP contribution in [-0.2, 0) is 0 Å². The molecule has 0 radical (unpaired) electrons. The fourth-order valence-electron chi connectivity index (χ4n) is 1.50. The van der Waals surface area contributed by atoms with Gasteiger partial charge in [-0.3, -0.25) is 5.32 Å². The van der Waals surface area contributed by atoms with E-state index in [4.69, 9.17) is 16.7 Å². The minimum atomic E-state index is -1.10. The van der Waals surface area contributed by atoms with Crippen molar-refractivity contribution >= 4 is 34.9 Å². The van der Waals surface area contributed by atoms with Crippen LogP contribution in [0.25, 0.3) is 0 Å². The highest BCUT2D eigenvalue weighted by Crippen LogP contribution is 2.19. The van der Waals surface area contributed by atoms with Gasteiger partial charge in [0.05, 0.1) is 0 Å². The number of halogens is 1. The van der Waals surface area contributed by atoms with Crippen LogP contribution in [0.3, 0.4) is 0 Å². The van der Waals surface area contributed by atoms with Gasteiger partial charge >= 0.3 is 6.09 Å². The van der Waals surface area contributed by atoms with Crippen molar-refractivity contribution in [2.45, 2.75) is 6.92 Å². The first-order valence-corrected chi connectivity index (χ1v) is 5.79. The molecule has 1 aromatic heterocycles. The van der Waals surface area contributed by atoms with E-state index in [1.807, 2.05) is 0 Å². The number of benzene rings is 1. The van der Waals surface area contributed by atoms with Crippen LogP contribution in [0.15, 0.2) is 30.3 Å². The molecule has 19 heavy (non-hydrogen) atoms. The van der Waals surface area contributed by atoms with Crippen molar-refractivity contribution in [2.24, 2.45) is 0 Å². The van der Waals surface area contributed by atoms with Crippen LogP contribution >= 0.6 is 11.6 Å². The smallest absolute Gasteiger partial charge is 0.409 e. The van der Waals surface area contributed by atoms with Crippen molar-refractivity contribution < 1.29 is 9.90 Å². The molecule has 0 atom stereocenters. The Kier molecular flexibility index (Phi) is 3.82. The molecule has 3 N–H and O–H groups in total. The van der Waals surface area contributed by atoms with Gasteiger partial charge in [-0.25, -0.2) is 14.8 Å². The normalized spacial score (nSPS) is 10.0. The van der Waals surface area contributed by atoms with E-state index in [-0.39, 0.29) is 0 Å². The fraction of sp³-hybridized carbons (Fsp3) is 0.0833. The molecule has 0 saturated carbocycles. The van der Waals surface area contributed by atoms with Crippen LogP contribution in [0.2, 0.25) is 5.15 Å². The Bertz CT molecular complexity index is 581. The summed E-state index contributed by atoms with van der Waals surface area (Å²) < 4.78 is 0. The first-order valence-electron chi connectivity index (χ1n) is 5.41. The number of nitrogens with zero attached hydrogens (tertiary/aromatic N) is 2. The molecule has 1 heterocycles. The van der Waals surface area contributed by atoms with E-state index < -0.39 is 6.09 Å². The summed E-state index contributed by atoms with van der Waals surface area (Å²) in [5, 5.41) is 14.2. The van der Waals surface area contributed by atoms with Gasteiger partial charge in [-0.05, 0) is 31.2 Å². The molecule has 7 heteroatoms. The second kappa shape index (κ2) is 5.53. The molecule has 1 aromatic carbocycles. The van der Waals surface area contributed by atoms with Gasteiger partial charge in [-0.2, -0.15) is 0 Å². The number of carbonyl (C=O) groups is 1. The number of hydrogen-bond donors (Lipinski definition) is 3. The molecule has 0 aliphatic heterocycles. The van der Waals surface area contributed by atoms with Gasteiger partial charge in [0.2, 0.25) is 0 Å². The van der Waals surface area contributed by atoms with Crippen molar-refractivity contribution in [2.75, 3.05) is 10.6 Å². The van der Waals surface area contributed by atoms with Gasteiger partial charge in [0, 0.05) is 17.4 Å². The van der Waals surface area contributed by atoms with E-state index >= 15 is 0 Å². The predicted octanol–water partition coefficient (Wildman–Crippen LogP) is 3.27. The first kappa shape index (κ1) is 13.1. The summed E-state index contributed by atoms with van der Waals surface area (Å²) in [5.74, 6) is 1.15. The second-order valence-corrected chi connectivity index (χ2v) is 4.14. The molecule has 1 amide bonds. The maximum atomic E-state index is 10.5. The summed E-state index contributed by atoms with van der Waals surface area (Å²) in [6, 6.07) is 8.36. The Morgan fingerprint density at radius 1 is 1.21 bits per heavy atom. The first-order chi connectivity index (χ1) is 9.02. The Morgan fingerprint density at radius 2 is 1.84 bits per heavy atom. The molecule has 0 fully saturated rings. The SMILES string of the molecule is Cc1nc(Cl)cc(Nc2ccc(NC(=O)O)cc2)n1. The maximum absolute atomic E-state index is 10.5. The average molecular weight is 279 g/mol. The number of carboxylic acid groups (broad SMARTS) is 1. The molecule has 0 spiro atoms. The highest BCUT2D eigenvalue weighted by atomic mass is 35.5. The minimum Gasteiger partial charge on any atom is -0.465 e. The maximum Gasteiger partial charge on any atom is 0.409 e. The monoisotopic (exact) mass is 278 g/mol. The number of hydrogen-bond acceptors (Lipinski definition) is 4. The van der Waals surface area contributed by atoms with Crippen LogP contribution in [0.1, 0.15) is 5.82 Å². The van der Waals surface area contributed by atoms with Gasteiger partial charge < -0.3 is 10.4 Å². The van der Waals surface area contributed by atoms with Crippen LogP contribution in [-0.4, -0.2) is 21.2 Å². The Balaban J connectivity index is 2.12. The van der Waals surface area contributed by atoms with Crippen LogP contribution in [0, 0.1) is 6.92 Å². The fourth-order valence-corrected chi connectivity index (χ4v) is 1.73. The zero-order valence-electron chi connectivity index (χ0n) is 10.0. The lowest BCUT2D eigenvalue weighted by Gasteiger charge is -2.07. The highest BCUT2D eigenvalue weighted by molar-refractivity contribution is 6.29. The number of anilines is 3. The molecular weight excluding hydrogens is 268 g/mol.